The van der Waals surface area contributed by atoms with E-state index < -0.39 is 17.4 Å². The van der Waals surface area contributed by atoms with Crippen LogP contribution in [0.1, 0.15) is 21.5 Å². The SMILES string of the molecule is Cc1ccc(C(=O)c2cc(F)cc(F)c2)cc1Br. The smallest absolute Gasteiger partial charge is 0.193 e. The quantitative estimate of drug-likeness (QED) is 0.757. The van der Waals surface area contributed by atoms with E-state index in [0.717, 1.165) is 28.2 Å². The average molecular weight is 311 g/mol. The minimum atomic E-state index is -0.760. The van der Waals surface area contributed by atoms with Gasteiger partial charge in [0.05, 0.1) is 0 Å². The second kappa shape index (κ2) is 4.98. The molecule has 0 aliphatic rings. The Balaban J connectivity index is 2.44. The number of rotatable bonds is 2. The predicted molar refractivity (Wildman–Crippen MR) is 68.7 cm³/mol. The summed E-state index contributed by atoms with van der Waals surface area (Å²) in [6, 6.07) is 7.83. The van der Waals surface area contributed by atoms with Gasteiger partial charge in [0.1, 0.15) is 11.6 Å². The summed E-state index contributed by atoms with van der Waals surface area (Å²) >= 11 is 3.32. The fourth-order valence-electron chi connectivity index (χ4n) is 1.59. The number of halogens is 3. The van der Waals surface area contributed by atoms with Crippen LogP contribution in [0.4, 0.5) is 8.78 Å². The molecule has 0 heterocycles. The van der Waals surface area contributed by atoms with Crippen LogP contribution in [0.3, 0.4) is 0 Å². The van der Waals surface area contributed by atoms with Crippen molar-refractivity contribution in [1.29, 1.82) is 0 Å². The van der Waals surface area contributed by atoms with Gasteiger partial charge in [-0.25, -0.2) is 8.78 Å². The summed E-state index contributed by atoms with van der Waals surface area (Å²) in [5.74, 6) is -1.93. The largest absolute Gasteiger partial charge is 0.289 e. The highest BCUT2D eigenvalue weighted by Crippen LogP contribution is 2.20. The van der Waals surface area contributed by atoms with E-state index in [1.807, 2.05) is 6.92 Å². The van der Waals surface area contributed by atoms with Gasteiger partial charge in [-0.2, -0.15) is 0 Å². The molecule has 0 spiro atoms. The number of carbonyl (C=O) groups is 1. The summed E-state index contributed by atoms with van der Waals surface area (Å²) < 4.78 is 26.9. The van der Waals surface area contributed by atoms with E-state index >= 15 is 0 Å². The Morgan fingerprint density at radius 3 is 2.17 bits per heavy atom. The van der Waals surface area contributed by atoms with Gasteiger partial charge in [-0.15, -0.1) is 0 Å². The highest BCUT2D eigenvalue weighted by molar-refractivity contribution is 9.10. The normalized spacial score (nSPS) is 10.4. The maximum absolute atomic E-state index is 13.0. The van der Waals surface area contributed by atoms with Gasteiger partial charge in [0.25, 0.3) is 0 Å². The minimum absolute atomic E-state index is 0.00301. The first-order valence-electron chi connectivity index (χ1n) is 5.24. The molecule has 0 aliphatic carbocycles. The predicted octanol–water partition coefficient (Wildman–Crippen LogP) is 4.27. The van der Waals surface area contributed by atoms with E-state index in [-0.39, 0.29) is 5.56 Å². The van der Waals surface area contributed by atoms with E-state index in [2.05, 4.69) is 15.9 Å². The molecule has 0 radical (unpaired) electrons. The van der Waals surface area contributed by atoms with Gasteiger partial charge in [0.2, 0.25) is 0 Å². The Kier molecular flexibility index (Phi) is 3.57. The zero-order chi connectivity index (χ0) is 13.3. The van der Waals surface area contributed by atoms with Gasteiger partial charge >= 0.3 is 0 Å². The lowest BCUT2D eigenvalue weighted by molar-refractivity contribution is 0.103. The summed E-state index contributed by atoms with van der Waals surface area (Å²) in [7, 11) is 0. The first-order valence-corrected chi connectivity index (χ1v) is 6.03. The highest BCUT2D eigenvalue weighted by atomic mass is 79.9. The third-order valence-electron chi connectivity index (χ3n) is 2.56. The monoisotopic (exact) mass is 310 g/mol. The third-order valence-corrected chi connectivity index (χ3v) is 3.41. The maximum atomic E-state index is 13.0. The van der Waals surface area contributed by atoms with Crippen molar-refractivity contribution >= 4 is 21.7 Å². The summed E-state index contributed by atoms with van der Waals surface area (Å²) in [6.07, 6.45) is 0. The Bertz CT molecular complexity index is 603. The standard InChI is InChI=1S/C14H9BrF2O/c1-8-2-3-9(6-13(8)15)14(18)10-4-11(16)7-12(17)5-10/h2-7H,1H3. The van der Waals surface area contributed by atoms with E-state index in [4.69, 9.17) is 0 Å². The van der Waals surface area contributed by atoms with Crippen LogP contribution < -0.4 is 0 Å². The lowest BCUT2D eigenvalue weighted by Gasteiger charge is -2.04. The number of hydrogen-bond donors (Lipinski definition) is 0. The van der Waals surface area contributed by atoms with Crippen LogP contribution in [0, 0.1) is 18.6 Å². The van der Waals surface area contributed by atoms with E-state index in [0.29, 0.717) is 5.56 Å². The molecule has 0 bridgehead atoms. The molecule has 0 unspecified atom stereocenters. The lowest BCUT2D eigenvalue weighted by atomic mass is 10.0. The first kappa shape index (κ1) is 12.9. The van der Waals surface area contributed by atoms with Crippen LogP contribution in [0.2, 0.25) is 0 Å². The number of ketones is 1. The molecule has 0 saturated heterocycles. The maximum Gasteiger partial charge on any atom is 0.193 e. The topological polar surface area (TPSA) is 17.1 Å². The number of carbonyl (C=O) groups excluding carboxylic acids is 1. The van der Waals surface area contributed by atoms with Crippen LogP contribution in [0.15, 0.2) is 40.9 Å². The van der Waals surface area contributed by atoms with Crippen molar-refractivity contribution in [2.24, 2.45) is 0 Å². The molecule has 1 nitrogen and oxygen atoms in total. The lowest BCUT2D eigenvalue weighted by Crippen LogP contribution is -2.03. The van der Waals surface area contributed by atoms with Gasteiger partial charge in [-0.05, 0) is 30.7 Å². The molecule has 0 fully saturated rings. The zero-order valence-corrected chi connectivity index (χ0v) is 11.1. The van der Waals surface area contributed by atoms with Gasteiger partial charge in [0.15, 0.2) is 5.78 Å². The Hall–Kier alpha value is -1.55. The van der Waals surface area contributed by atoms with Crippen LogP contribution in [0.25, 0.3) is 0 Å². The van der Waals surface area contributed by atoms with E-state index in [1.54, 1.807) is 18.2 Å². The number of benzene rings is 2. The van der Waals surface area contributed by atoms with Crippen LogP contribution >= 0.6 is 15.9 Å². The zero-order valence-electron chi connectivity index (χ0n) is 9.51. The first-order chi connectivity index (χ1) is 8.47. The van der Waals surface area contributed by atoms with Crippen molar-refractivity contribution < 1.29 is 13.6 Å². The number of aryl methyl sites for hydroxylation is 1. The Labute approximate surface area is 112 Å². The van der Waals surface area contributed by atoms with Crippen LogP contribution in [0.5, 0.6) is 0 Å². The minimum Gasteiger partial charge on any atom is -0.289 e. The molecule has 2 rings (SSSR count). The second-order valence-electron chi connectivity index (χ2n) is 3.95. The molecule has 0 N–H and O–H groups in total. The second-order valence-corrected chi connectivity index (χ2v) is 4.81. The molecular formula is C14H9BrF2O. The number of hydrogen-bond acceptors (Lipinski definition) is 1. The molecule has 4 heteroatoms. The molecule has 0 aromatic heterocycles. The van der Waals surface area contributed by atoms with Gasteiger partial charge in [-0.1, -0.05) is 28.1 Å². The summed E-state index contributed by atoms with van der Waals surface area (Å²) in [4.78, 5) is 12.1. The molecule has 92 valence electrons. The fraction of sp³-hybridized carbons (Fsp3) is 0.0714. The summed E-state index contributed by atoms with van der Waals surface area (Å²) in [5, 5.41) is 0. The van der Waals surface area contributed by atoms with Crippen LogP contribution in [-0.2, 0) is 0 Å². The Morgan fingerprint density at radius 1 is 1.00 bits per heavy atom. The van der Waals surface area contributed by atoms with Crippen molar-refractivity contribution in [3.8, 4) is 0 Å². The van der Waals surface area contributed by atoms with Crippen molar-refractivity contribution in [3.05, 3.63) is 69.2 Å². The highest BCUT2D eigenvalue weighted by Gasteiger charge is 2.12. The molecule has 2 aromatic carbocycles. The van der Waals surface area contributed by atoms with Gasteiger partial charge in [-0.3, -0.25) is 4.79 Å². The molecule has 0 aliphatic heterocycles. The van der Waals surface area contributed by atoms with Crippen LogP contribution in [-0.4, -0.2) is 5.78 Å². The Morgan fingerprint density at radius 2 is 1.61 bits per heavy atom. The summed E-state index contributed by atoms with van der Waals surface area (Å²) in [5.41, 5.74) is 1.37. The molecule has 2 aromatic rings. The van der Waals surface area contributed by atoms with Crippen molar-refractivity contribution in [2.45, 2.75) is 6.92 Å². The van der Waals surface area contributed by atoms with Gasteiger partial charge in [0, 0.05) is 21.7 Å². The third kappa shape index (κ3) is 2.64. The van der Waals surface area contributed by atoms with Crippen molar-refractivity contribution in [1.82, 2.24) is 0 Å². The summed E-state index contributed by atoms with van der Waals surface area (Å²) in [6.45, 7) is 1.89. The molecule has 0 saturated carbocycles. The van der Waals surface area contributed by atoms with Crippen molar-refractivity contribution in [3.63, 3.8) is 0 Å². The van der Waals surface area contributed by atoms with E-state index in [9.17, 15) is 13.6 Å². The molecule has 0 amide bonds. The van der Waals surface area contributed by atoms with Gasteiger partial charge < -0.3 is 0 Å². The molecule has 0 atom stereocenters. The van der Waals surface area contributed by atoms with Crippen molar-refractivity contribution in [2.75, 3.05) is 0 Å². The molecule has 18 heavy (non-hydrogen) atoms. The van der Waals surface area contributed by atoms with E-state index in [1.165, 1.54) is 0 Å². The molecular weight excluding hydrogens is 302 g/mol. The fourth-order valence-corrected chi connectivity index (χ4v) is 1.96. The average Bonchev–Trinajstić information content (AvgIpc) is 2.30.